The van der Waals surface area contributed by atoms with Gasteiger partial charge < -0.3 is 15.0 Å². The SMILES string of the molecule is CC[C@H](C(=O)NC1CCN(C)CC1)N(c1ccc(OC)c(Cl)c1)S(C)(=O)=O. The van der Waals surface area contributed by atoms with E-state index < -0.39 is 16.1 Å². The Balaban J connectivity index is 2.27. The van der Waals surface area contributed by atoms with Crippen molar-refractivity contribution >= 4 is 33.2 Å². The number of amides is 1. The summed E-state index contributed by atoms with van der Waals surface area (Å²) in [6.45, 7) is 3.61. The highest BCUT2D eigenvalue weighted by Gasteiger charge is 2.33. The van der Waals surface area contributed by atoms with Crippen LogP contribution in [0.15, 0.2) is 18.2 Å². The van der Waals surface area contributed by atoms with Crippen molar-refractivity contribution in [2.24, 2.45) is 0 Å². The van der Waals surface area contributed by atoms with Crippen molar-refractivity contribution in [2.45, 2.75) is 38.3 Å². The molecule has 1 aromatic carbocycles. The number of carbonyl (C=O) groups is 1. The minimum Gasteiger partial charge on any atom is -0.495 e. The van der Waals surface area contributed by atoms with Crippen LogP contribution in [0.3, 0.4) is 0 Å². The van der Waals surface area contributed by atoms with Crippen LogP contribution in [-0.4, -0.2) is 64.8 Å². The number of methoxy groups -OCH3 is 1. The maximum absolute atomic E-state index is 12.9. The first-order valence-corrected chi connectivity index (χ1v) is 11.2. The number of nitrogens with zero attached hydrogens (tertiary/aromatic N) is 2. The van der Waals surface area contributed by atoms with Gasteiger partial charge in [-0.3, -0.25) is 9.10 Å². The van der Waals surface area contributed by atoms with Crippen LogP contribution in [0.2, 0.25) is 5.02 Å². The lowest BCUT2D eigenvalue weighted by molar-refractivity contribution is -0.123. The summed E-state index contributed by atoms with van der Waals surface area (Å²) in [5.41, 5.74) is 0.341. The molecule has 1 aromatic rings. The molecular weight excluding hydrogens is 390 g/mol. The normalized spacial score (nSPS) is 17.4. The molecule has 1 saturated heterocycles. The standard InChI is InChI=1S/C18H28ClN3O4S/c1-5-16(18(23)20-13-8-10-21(2)11-9-13)22(27(4,24)25)14-6-7-17(26-3)15(19)12-14/h6-7,12-13,16H,5,8-11H2,1-4H3,(H,20,23)/t16-/m1/s1. The third-order valence-corrected chi connectivity index (χ3v) is 6.26. The summed E-state index contributed by atoms with van der Waals surface area (Å²) in [7, 11) is -0.163. The van der Waals surface area contributed by atoms with Gasteiger partial charge in [-0.25, -0.2) is 8.42 Å². The molecule has 1 N–H and O–H groups in total. The zero-order chi connectivity index (χ0) is 20.2. The van der Waals surface area contributed by atoms with Crippen molar-refractivity contribution in [3.63, 3.8) is 0 Å². The van der Waals surface area contributed by atoms with E-state index in [1.165, 1.54) is 13.2 Å². The van der Waals surface area contributed by atoms with E-state index in [1.54, 1.807) is 19.1 Å². The molecule has 0 bridgehead atoms. The summed E-state index contributed by atoms with van der Waals surface area (Å²) in [5, 5.41) is 3.31. The van der Waals surface area contributed by atoms with Crippen molar-refractivity contribution in [1.82, 2.24) is 10.2 Å². The lowest BCUT2D eigenvalue weighted by Crippen LogP contribution is -2.53. The van der Waals surface area contributed by atoms with E-state index in [1.807, 2.05) is 7.05 Å². The number of nitrogens with one attached hydrogen (secondary N) is 1. The average molecular weight is 418 g/mol. The van der Waals surface area contributed by atoms with E-state index in [2.05, 4.69) is 10.2 Å². The lowest BCUT2D eigenvalue weighted by Gasteiger charge is -2.34. The number of anilines is 1. The molecule has 1 aliphatic heterocycles. The zero-order valence-corrected chi connectivity index (χ0v) is 17.8. The minimum absolute atomic E-state index is 0.0589. The van der Waals surface area contributed by atoms with E-state index in [0.29, 0.717) is 17.9 Å². The molecule has 1 amide bonds. The predicted octanol–water partition coefficient (Wildman–Crippen LogP) is 2.10. The maximum Gasteiger partial charge on any atom is 0.244 e. The number of likely N-dealkylation sites (tertiary alicyclic amines) is 1. The van der Waals surface area contributed by atoms with Crippen molar-refractivity contribution in [1.29, 1.82) is 0 Å². The molecule has 152 valence electrons. The van der Waals surface area contributed by atoms with Crippen LogP contribution < -0.4 is 14.4 Å². The Bertz CT molecular complexity index is 764. The van der Waals surface area contributed by atoms with Crippen molar-refractivity contribution in [2.75, 3.05) is 37.8 Å². The summed E-state index contributed by atoms with van der Waals surface area (Å²) in [4.78, 5) is 15.1. The van der Waals surface area contributed by atoms with Crippen LogP contribution >= 0.6 is 11.6 Å². The summed E-state index contributed by atoms with van der Waals surface area (Å²) < 4.78 is 31.3. The smallest absolute Gasteiger partial charge is 0.244 e. The van der Waals surface area contributed by atoms with Crippen LogP contribution in [-0.2, 0) is 14.8 Å². The first-order valence-electron chi connectivity index (χ1n) is 8.99. The zero-order valence-electron chi connectivity index (χ0n) is 16.2. The minimum atomic E-state index is -3.70. The second kappa shape index (κ2) is 9.12. The van der Waals surface area contributed by atoms with E-state index in [9.17, 15) is 13.2 Å². The van der Waals surface area contributed by atoms with Gasteiger partial charge in [-0.15, -0.1) is 0 Å². The first-order chi connectivity index (χ1) is 12.7. The fourth-order valence-corrected chi connectivity index (χ4v) is 4.76. The quantitative estimate of drug-likeness (QED) is 0.735. The lowest BCUT2D eigenvalue weighted by atomic mass is 10.0. The van der Waals surface area contributed by atoms with Crippen molar-refractivity contribution < 1.29 is 17.9 Å². The third-order valence-electron chi connectivity index (χ3n) is 4.78. The summed E-state index contributed by atoms with van der Waals surface area (Å²) in [6, 6.07) is 3.91. The molecular formula is C18H28ClN3O4S. The summed E-state index contributed by atoms with van der Waals surface area (Å²) >= 11 is 6.17. The molecule has 0 aliphatic carbocycles. The maximum atomic E-state index is 12.9. The highest BCUT2D eigenvalue weighted by molar-refractivity contribution is 7.92. The Morgan fingerprint density at radius 2 is 2.04 bits per heavy atom. The van der Waals surface area contributed by atoms with E-state index in [0.717, 1.165) is 36.5 Å². The Labute approximate surface area is 166 Å². The van der Waals surface area contributed by atoms with E-state index in [4.69, 9.17) is 16.3 Å². The van der Waals surface area contributed by atoms with Gasteiger partial charge in [0.1, 0.15) is 11.8 Å². The largest absolute Gasteiger partial charge is 0.495 e. The van der Waals surface area contributed by atoms with Crippen LogP contribution in [0.25, 0.3) is 0 Å². The van der Waals surface area contributed by atoms with Crippen LogP contribution in [0, 0.1) is 0 Å². The molecule has 7 nitrogen and oxygen atoms in total. The third kappa shape index (κ3) is 5.49. The molecule has 0 unspecified atom stereocenters. The number of hydrogen-bond donors (Lipinski definition) is 1. The van der Waals surface area contributed by atoms with Gasteiger partial charge in [-0.2, -0.15) is 0 Å². The Kier molecular flexibility index (Phi) is 7.36. The molecule has 1 aliphatic rings. The predicted molar refractivity (Wildman–Crippen MR) is 108 cm³/mol. The molecule has 0 saturated carbocycles. The van der Waals surface area contributed by atoms with Gasteiger partial charge in [-0.05, 0) is 57.6 Å². The van der Waals surface area contributed by atoms with Gasteiger partial charge >= 0.3 is 0 Å². The van der Waals surface area contributed by atoms with Gasteiger partial charge in [0.15, 0.2) is 0 Å². The number of halogens is 1. The first kappa shape index (κ1) is 21.8. The van der Waals surface area contributed by atoms with Crippen LogP contribution in [0.1, 0.15) is 26.2 Å². The monoisotopic (exact) mass is 417 g/mol. The number of ether oxygens (including phenoxy) is 1. The highest BCUT2D eigenvalue weighted by Crippen LogP contribution is 2.31. The van der Waals surface area contributed by atoms with Gasteiger partial charge in [0.25, 0.3) is 0 Å². The molecule has 2 rings (SSSR count). The highest BCUT2D eigenvalue weighted by atomic mass is 35.5. The van der Waals surface area contributed by atoms with Gasteiger partial charge in [0, 0.05) is 6.04 Å². The molecule has 1 fully saturated rings. The Morgan fingerprint density at radius 3 is 2.52 bits per heavy atom. The number of sulfonamides is 1. The summed E-state index contributed by atoms with van der Waals surface area (Å²) in [5.74, 6) is 0.155. The molecule has 0 radical (unpaired) electrons. The van der Waals surface area contributed by atoms with Gasteiger partial charge in [0.05, 0.1) is 24.1 Å². The van der Waals surface area contributed by atoms with E-state index >= 15 is 0 Å². The average Bonchev–Trinajstić information content (AvgIpc) is 2.60. The number of piperidine rings is 1. The van der Waals surface area contributed by atoms with Crippen LogP contribution in [0.5, 0.6) is 5.75 Å². The molecule has 1 atom stereocenters. The fraction of sp³-hybridized carbons (Fsp3) is 0.611. The second-order valence-electron chi connectivity index (χ2n) is 6.89. The number of hydrogen-bond acceptors (Lipinski definition) is 5. The van der Waals surface area contributed by atoms with Gasteiger partial charge in [0.2, 0.25) is 15.9 Å². The molecule has 1 heterocycles. The number of carbonyl (C=O) groups excluding carboxylic acids is 1. The molecule has 0 aromatic heterocycles. The van der Waals surface area contributed by atoms with Gasteiger partial charge in [-0.1, -0.05) is 18.5 Å². The van der Waals surface area contributed by atoms with E-state index in [-0.39, 0.29) is 17.0 Å². The molecule has 9 heteroatoms. The fourth-order valence-electron chi connectivity index (χ4n) is 3.30. The second-order valence-corrected chi connectivity index (χ2v) is 9.15. The Morgan fingerprint density at radius 1 is 1.41 bits per heavy atom. The molecule has 27 heavy (non-hydrogen) atoms. The van der Waals surface area contributed by atoms with Crippen molar-refractivity contribution in [3.8, 4) is 5.75 Å². The number of benzene rings is 1. The topological polar surface area (TPSA) is 79.0 Å². The molecule has 0 spiro atoms. The van der Waals surface area contributed by atoms with Crippen LogP contribution in [0.4, 0.5) is 5.69 Å². The Hall–Kier alpha value is -1.51. The summed E-state index contributed by atoms with van der Waals surface area (Å²) in [6.07, 6.45) is 3.14. The van der Waals surface area contributed by atoms with Crippen molar-refractivity contribution in [3.05, 3.63) is 23.2 Å². The number of rotatable bonds is 7.